The molecule has 2 aliphatic rings. The van der Waals surface area contributed by atoms with Crippen molar-refractivity contribution >= 4 is 17.3 Å². The molecule has 3 heterocycles. The molecule has 0 spiro atoms. The lowest BCUT2D eigenvalue weighted by Gasteiger charge is -2.42. The average molecular weight is 266 g/mol. The first-order valence-electron chi connectivity index (χ1n) is 6.82. The van der Waals surface area contributed by atoms with Crippen molar-refractivity contribution < 1.29 is 0 Å². The standard InChI is InChI=1S/C14H20ClN3/c1-10-6-13(8-17-14(10)15)18-5-3-11-7-16-4-2-12(11)9-18/h6,8,11-12,16H,2-5,7,9H2,1H3/t11-,12-/m1/s1. The van der Waals surface area contributed by atoms with Gasteiger partial charge in [-0.1, -0.05) is 11.6 Å². The molecule has 2 saturated heterocycles. The summed E-state index contributed by atoms with van der Waals surface area (Å²) in [6.45, 7) is 6.72. The summed E-state index contributed by atoms with van der Waals surface area (Å²) >= 11 is 5.99. The Morgan fingerprint density at radius 1 is 1.39 bits per heavy atom. The first-order chi connectivity index (χ1) is 8.74. The molecule has 0 bridgehead atoms. The number of pyridine rings is 1. The van der Waals surface area contributed by atoms with Crippen molar-refractivity contribution in [3.63, 3.8) is 0 Å². The molecule has 0 aliphatic carbocycles. The van der Waals surface area contributed by atoms with Crippen LogP contribution in [-0.2, 0) is 0 Å². The van der Waals surface area contributed by atoms with Gasteiger partial charge >= 0.3 is 0 Å². The molecule has 0 unspecified atom stereocenters. The zero-order valence-electron chi connectivity index (χ0n) is 10.8. The van der Waals surface area contributed by atoms with Crippen molar-refractivity contribution in [2.24, 2.45) is 11.8 Å². The molecule has 2 atom stereocenters. The molecule has 2 aliphatic heterocycles. The van der Waals surface area contributed by atoms with Gasteiger partial charge in [-0.3, -0.25) is 0 Å². The van der Waals surface area contributed by atoms with Gasteiger partial charge in [0.15, 0.2) is 0 Å². The Kier molecular flexibility index (Phi) is 3.44. The third-order valence-corrected chi connectivity index (χ3v) is 4.75. The molecular formula is C14H20ClN3. The van der Waals surface area contributed by atoms with E-state index in [1.165, 1.54) is 38.2 Å². The largest absolute Gasteiger partial charge is 0.370 e. The Bertz CT molecular complexity index is 435. The summed E-state index contributed by atoms with van der Waals surface area (Å²) in [5, 5.41) is 4.13. The number of aromatic nitrogens is 1. The van der Waals surface area contributed by atoms with Gasteiger partial charge in [-0.25, -0.2) is 4.98 Å². The number of nitrogens with one attached hydrogen (secondary N) is 1. The fourth-order valence-corrected chi connectivity index (χ4v) is 3.31. The lowest BCUT2D eigenvalue weighted by atomic mass is 9.81. The van der Waals surface area contributed by atoms with Crippen LogP contribution < -0.4 is 10.2 Å². The van der Waals surface area contributed by atoms with Gasteiger partial charge in [0.25, 0.3) is 0 Å². The molecule has 0 amide bonds. The van der Waals surface area contributed by atoms with E-state index in [1.807, 2.05) is 13.1 Å². The van der Waals surface area contributed by atoms with Crippen molar-refractivity contribution in [3.8, 4) is 0 Å². The Balaban J connectivity index is 1.75. The minimum absolute atomic E-state index is 0.621. The van der Waals surface area contributed by atoms with Crippen molar-refractivity contribution in [1.82, 2.24) is 10.3 Å². The van der Waals surface area contributed by atoms with Crippen molar-refractivity contribution in [3.05, 3.63) is 23.0 Å². The number of piperidine rings is 2. The molecule has 0 radical (unpaired) electrons. The number of nitrogens with zero attached hydrogens (tertiary/aromatic N) is 2. The van der Waals surface area contributed by atoms with Crippen molar-refractivity contribution in [2.45, 2.75) is 19.8 Å². The van der Waals surface area contributed by atoms with Gasteiger partial charge in [0, 0.05) is 13.1 Å². The third kappa shape index (κ3) is 2.34. The van der Waals surface area contributed by atoms with Crippen LogP contribution in [0.4, 0.5) is 5.69 Å². The maximum atomic E-state index is 5.99. The quantitative estimate of drug-likeness (QED) is 0.791. The van der Waals surface area contributed by atoms with Gasteiger partial charge in [-0.2, -0.15) is 0 Å². The van der Waals surface area contributed by atoms with E-state index in [2.05, 4.69) is 21.3 Å². The minimum atomic E-state index is 0.621. The Hall–Kier alpha value is -0.800. The summed E-state index contributed by atoms with van der Waals surface area (Å²) in [7, 11) is 0. The van der Waals surface area contributed by atoms with Gasteiger partial charge in [0.05, 0.1) is 11.9 Å². The molecule has 1 aromatic heterocycles. The van der Waals surface area contributed by atoms with Crippen LogP contribution >= 0.6 is 11.6 Å². The van der Waals surface area contributed by atoms with E-state index < -0.39 is 0 Å². The third-order valence-electron chi connectivity index (χ3n) is 4.35. The first kappa shape index (κ1) is 12.2. The molecular weight excluding hydrogens is 246 g/mol. The topological polar surface area (TPSA) is 28.2 Å². The highest BCUT2D eigenvalue weighted by molar-refractivity contribution is 6.30. The summed E-state index contributed by atoms with van der Waals surface area (Å²) in [4.78, 5) is 6.74. The molecule has 18 heavy (non-hydrogen) atoms. The second-order valence-electron chi connectivity index (χ2n) is 5.55. The van der Waals surface area contributed by atoms with Gasteiger partial charge in [-0.15, -0.1) is 0 Å². The summed E-state index contributed by atoms with van der Waals surface area (Å²) in [5.74, 6) is 1.72. The molecule has 3 nitrogen and oxygen atoms in total. The number of halogens is 1. The van der Waals surface area contributed by atoms with E-state index in [9.17, 15) is 0 Å². The highest BCUT2D eigenvalue weighted by Crippen LogP contribution is 2.31. The molecule has 1 aromatic rings. The Labute approximate surface area is 114 Å². The summed E-state index contributed by atoms with van der Waals surface area (Å²) in [6.07, 6.45) is 4.51. The maximum absolute atomic E-state index is 5.99. The fourth-order valence-electron chi connectivity index (χ4n) is 3.20. The summed E-state index contributed by atoms with van der Waals surface area (Å²) < 4.78 is 0. The number of hydrogen-bond donors (Lipinski definition) is 1. The maximum Gasteiger partial charge on any atom is 0.132 e. The van der Waals surface area contributed by atoms with Gasteiger partial charge in [0.2, 0.25) is 0 Å². The van der Waals surface area contributed by atoms with E-state index in [1.54, 1.807) is 0 Å². The van der Waals surface area contributed by atoms with Crippen LogP contribution in [-0.4, -0.2) is 31.2 Å². The summed E-state index contributed by atoms with van der Waals surface area (Å²) in [5.41, 5.74) is 2.30. The number of fused-ring (bicyclic) bond motifs is 1. The molecule has 2 fully saturated rings. The predicted octanol–water partition coefficient (Wildman–Crippen LogP) is 2.48. The molecule has 98 valence electrons. The Morgan fingerprint density at radius 2 is 2.28 bits per heavy atom. The first-order valence-corrected chi connectivity index (χ1v) is 7.19. The van der Waals surface area contributed by atoms with E-state index in [0.29, 0.717) is 5.15 Å². The van der Waals surface area contributed by atoms with E-state index in [-0.39, 0.29) is 0 Å². The number of rotatable bonds is 1. The molecule has 1 N–H and O–H groups in total. The lowest BCUT2D eigenvalue weighted by Crippen LogP contribution is -2.48. The molecule has 0 aromatic carbocycles. The van der Waals surface area contributed by atoms with Gasteiger partial charge in [-0.05, 0) is 56.3 Å². The second kappa shape index (κ2) is 5.06. The minimum Gasteiger partial charge on any atom is -0.370 e. The van der Waals surface area contributed by atoms with Crippen molar-refractivity contribution in [1.29, 1.82) is 0 Å². The van der Waals surface area contributed by atoms with Crippen LogP contribution in [0.5, 0.6) is 0 Å². The lowest BCUT2D eigenvalue weighted by molar-refractivity contribution is 0.218. The van der Waals surface area contributed by atoms with Crippen LogP contribution in [0.3, 0.4) is 0 Å². The van der Waals surface area contributed by atoms with Crippen LogP contribution in [0.25, 0.3) is 0 Å². The number of aryl methyl sites for hydroxylation is 1. The van der Waals surface area contributed by atoms with Crippen LogP contribution in [0.15, 0.2) is 12.3 Å². The van der Waals surface area contributed by atoms with Crippen LogP contribution in [0.1, 0.15) is 18.4 Å². The van der Waals surface area contributed by atoms with Crippen molar-refractivity contribution in [2.75, 3.05) is 31.1 Å². The average Bonchev–Trinajstić information content (AvgIpc) is 2.41. The van der Waals surface area contributed by atoms with E-state index in [4.69, 9.17) is 11.6 Å². The molecule has 4 heteroatoms. The zero-order chi connectivity index (χ0) is 12.5. The second-order valence-corrected chi connectivity index (χ2v) is 5.91. The fraction of sp³-hybridized carbons (Fsp3) is 0.643. The van der Waals surface area contributed by atoms with Crippen LogP contribution in [0, 0.1) is 18.8 Å². The predicted molar refractivity (Wildman–Crippen MR) is 75.3 cm³/mol. The highest BCUT2D eigenvalue weighted by atomic mass is 35.5. The van der Waals surface area contributed by atoms with Crippen LogP contribution in [0.2, 0.25) is 5.15 Å². The normalized spacial score (nSPS) is 28.0. The van der Waals surface area contributed by atoms with E-state index >= 15 is 0 Å². The molecule has 0 saturated carbocycles. The smallest absolute Gasteiger partial charge is 0.132 e. The van der Waals surface area contributed by atoms with E-state index in [0.717, 1.165) is 23.9 Å². The van der Waals surface area contributed by atoms with Gasteiger partial charge in [0.1, 0.15) is 5.15 Å². The number of anilines is 1. The van der Waals surface area contributed by atoms with Gasteiger partial charge < -0.3 is 10.2 Å². The summed E-state index contributed by atoms with van der Waals surface area (Å²) in [6, 6.07) is 2.16. The highest BCUT2D eigenvalue weighted by Gasteiger charge is 2.31. The molecule has 3 rings (SSSR count). The zero-order valence-corrected chi connectivity index (χ0v) is 11.6. The number of hydrogen-bond acceptors (Lipinski definition) is 3. The monoisotopic (exact) mass is 265 g/mol. The Morgan fingerprint density at radius 3 is 3.11 bits per heavy atom. The SMILES string of the molecule is Cc1cc(N2CC[C@@H]3CNCC[C@@H]3C2)cnc1Cl.